The maximum absolute atomic E-state index is 13.7. The fourth-order valence-corrected chi connectivity index (χ4v) is 2.10. The van der Waals surface area contributed by atoms with Crippen LogP contribution in [0.15, 0.2) is 41.3 Å². The summed E-state index contributed by atoms with van der Waals surface area (Å²) in [4.78, 5) is 25.1. The fraction of sp³-hybridized carbons (Fsp3) is 0.250. The number of carbonyl (C=O) groups excluding carboxylic acids is 1. The van der Waals surface area contributed by atoms with Gasteiger partial charge in [-0.25, -0.2) is 8.78 Å². The normalized spacial score (nSPS) is 10.5. The Morgan fingerprint density at radius 1 is 1.18 bits per heavy atom. The van der Waals surface area contributed by atoms with Gasteiger partial charge in [-0.15, -0.1) is 0 Å². The standard InChI is InChI=1S/C16H16F2N2O2/c1-3-20(10-12-13(17)5-4-6-14(12)18)16(22)11-7-8-15(21)19(2)9-11/h4-9H,3,10H2,1-2H3. The van der Waals surface area contributed by atoms with Crippen LogP contribution in [0.25, 0.3) is 0 Å². The van der Waals surface area contributed by atoms with Crippen LogP contribution in [0.5, 0.6) is 0 Å². The molecule has 4 nitrogen and oxygen atoms in total. The predicted octanol–water partition coefficient (Wildman–Crippen LogP) is 2.33. The lowest BCUT2D eigenvalue weighted by atomic mass is 10.1. The number of benzene rings is 1. The van der Waals surface area contributed by atoms with E-state index in [0.29, 0.717) is 5.56 Å². The lowest BCUT2D eigenvalue weighted by molar-refractivity contribution is 0.0748. The summed E-state index contributed by atoms with van der Waals surface area (Å²) in [6.07, 6.45) is 1.41. The molecule has 0 bridgehead atoms. The molecule has 0 spiro atoms. The zero-order valence-corrected chi connectivity index (χ0v) is 12.3. The van der Waals surface area contributed by atoms with Crippen molar-refractivity contribution in [2.24, 2.45) is 7.05 Å². The summed E-state index contributed by atoms with van der Waals surface area (Å²) in [5.41, 5.74) is -0.0945. The monoisotopic (exact) mass is 306 g/mol. The molecule has 116 valence electrons. The number of hydrogen-bond donors (Lipinski definition) is 0. The van der Waals surface area contributed by atoms with Gasteiger partial charge in [-0.1, -0.05) is 6.07 Å². The van der Waals surface area contributed by atoms with Crippen molar-refractivity contribution in [1.82, 2.24) is 9.47 Å². The lowest BCUT2D eigenvalue weighted by Gasteiger charge is -2.21. The molecule has 0 aliphatic rings. The highest BCUT2D eigenvalue weighted by molar-refractivity contribution is 5.93. The first kappa shape index (κ1) is 15.9. The van der Waals surface area contributed by atoms with Crippen LogP contribution in [0.1, 0.15) is 22.8 Å². The van der Waals surface area contributed by atoms with Crippen molar-refractivity contribution in [2.45, 2.75) is 13.5 Å². The molecule has 0 fully saturated rings. The Labute approximate surface area is 126 Å². The van der Waals surface area contributed by atoms with E-state index in [-0.39, 0.29) is 30.1 Å². The first-order valence-corrected chi connectivity index (χ1v) is 6.83. The quantitative estimate of drug-likeness (QED) is 0.870. The van der Waals surface area contributed by atoms with Gasteiger partial charge in [0.25, 0.3) is 5.91 Å². The van der Waals surface area contributed by atoms with Gasteiger partial charge in [-0.2, -0.15) is 0 Å². The maximum Gasteiger partial charge on any atom is 0.255 e. The first-order valence-electron chi connectivity index (χ1n) is 6.83. The van der Waals surface area contributed by atoms with Crippen molar-refractivity contribution in [3.63, 3.8) is 0 Å². The van der Waals surface area contributed by atoms with Gasteiger partial charge in [0.05, 0.1) is 12.1 Å². The highest BCUT2D eigenvalue weighted by Gasteiger charge is 2.19. The highest BCUT2D eigenvalue weighted by atomic mass is 19.1. The summed E-state index contributed by atoms with van der Waals surface area (Å²) in [5, 5.41) is 0. The second-order valence-corrected chi connectivity index (χ2v) is 4.89. The van der Waals surface area contributed by atoms with E-state index in [9.17, 15) is 18.4 Å². The van der Waals surface area contributed by atoms with Crippen molar-refractivity contribution in [3.8, 4) is 0 Å². The molecule has 0 aliphatic heterocycles. The molecule has 0 saturated carbocycles. The third-order valence-electron chi connectivity index (χ3n) is 3.41. The third-order valence-corrected chi connectivity index (χ3v) is 3.41. The first-order chi connectivity index (χ1) is 10.4. The minimum Gasteiger partial charge on any atom is -0.334 e. The van der Waals surface area contributed by atoms with Crippen LogP contribution < -0.4 is 5.56 Å². The summed E-state index contributed by atoms with van der Waals surface area (Å²) in [6, 6.07) is 6.28. The Morgan fingerprint density at radius 2 is 1.82 bits per heavy atom. The van der Waals surface area contributed by atoms with Crippen LogP contribution in [-0.2, 0) is 13.6 Å². The number of amides is 1. The Kier molecular flexibility index (Phi) is 4.70. The fourth-order valence-electron chi connectivity index (χ4n) is 2.10. The topological polar surface area (TPSA) is 42.3 Å². The number of hydrogen-bond acceptors (Lipinski definition) is 2. The van der Waals surface area contributed by atoms with E-state index < -0.39 is 11.6 Å². The van der Waals surface area contributed by atoms with Crippen LogP contribution in [-0.4, -0.2) is 21.9 Å². The molecule has 6 heteroatoms. The second-order valence-electron chi connectivity index (χ2n) is 4.89. The highest BCUT2D eigenvalue weighted by Crippen LogP contribution is 2.16. The Balaban J connectivity index is 2.29. The van der Waals surface area contributed by atoms with Gasteiger partial charge < -0.3 is 9.47 Å². The summed E-state index contributed by atoms with van der Waals surface area (Å²) >= 11 is 0. The molecule has 2 rings (SSSR count). The molecule has 0 saturated heterocycles. The predicted molar refractivity (Wildman–Crippen MR) is 78.5 cm³/mol. The van der Waals surface area contributed by atoms with E-state index >= 15 is 0 Å². The molecule has 22 heavy (non-hydrogen) atoms. The van der Waals surface area contributed by atoms with E-state index in [1.807, 2.05) is 0 Å². The Bertz CT molecular complexity index is 736. The van der Waals surface area contributed by atoms with Gasteiger partial charge in [0.1, 0.15) is 11.6 Å². The molecule has 1 amide bonds. The third kappa shape index (κ3) is 3.21. The summed E-state index contributed by atoms with van der Waals surface area (Å²) < 4.78 is 28.7. The van der Waals surface area contributed by atoms with Crippen molar-refractivity contribution in [3.05, 3.63) is 69.6 Å². The molecular formula is C16H16F2N2O2. The van der Waals surface area contributed by atoms with Crippen molar-refractivity contribution in [1.29, 1.82) is 0 Å². The van der Waals surface area contributed by atoms with Crippen molar-refractivity contribution >= 4 is 5.91 Å². The van der Waals surface area contributed by atoms with Gasteiger partial charge in [0.2, 0.25) is 5.56 Å². The van der Waals surface area contributed by atoms with Crippen molar-refractivity contribution in [2.75, 3.05) is 6.54 Å². The summed E-state index contributed by atoms with van der Waals surface area (Å²) in [5.74, 6) is -1.76. The molecule has 0 radical (unpaired) electrons. The molecule has 0 aliphatic carbocycles. The van der Waals surface area contributed by atoms with E-state index in [2.05, 4.69) is 0 Å². The molecule has 2 aromatic rings. The summed E-state index contributed by atoms with van der Waals surface area (Å²) in [6.45, 7) is 1.84. The van der Waals surface area contributed by atoms with Gasteiger partial charge in [0.15, 0.2) is 0 Å². The molecular weight excluding hydrogens is 290 g/mol. The van der Waals surface area contributed by atoms with Gasteiger partial charge >= 0.3 is 0 Å². The van der Waals surface area contributed by atoms with Crippen molar-refractivity contribution < 1.29 is 13.6 Å². The lowest BCUT2D eigenvalue weighted by Crippen LogP contribution is -2.32. The van der Waals surface area contributed by atoms with Gasteiger partial charge in [-0.3, -0.25) is 9.59 Å². The van der Waals surface area contributed by atoms with Gasteiger partial charge in [0, 0.05) is 31.4 Å². The number of rotatable bonds is 4. The Hall–Kier alpha value is -2.50. The Morgan fingerprint density at radius 3 is 2.36 bits per heavy atom. The van der Waals surface area contributed by atoms with E-state index in [0.717, 1.165) is 12.1 Å². The molecule has 1 aromatic carbocycles. The van der Waals surface area contributed by atoms with Crippen LogP contribution in [0.4, 0.5) is 8.78 Å². The van der Waals surface area contributed by atoms with E-state index in [1.54, 1.807) is 6.92 Å². The van der Waals surface area contributed by atoms with Crippen LogP contribution >= 0.6 is 0 Å². The molecule has 0 atom stereocenters. The molecule has 1 aromatic heterocycles. The van der Waals surface area contributed by atoms with E-state index in [1.165, 1.54) is 40.9 Å². The minimum atomic E-state index is -0.688. The van der Waals surface area contributed by atoms with Gasteiger partial charge in [-0.05, 0) is 25.1 Å². The average molecular weight is 306 g/mol. The molecule has 0 N–H and O–H groups in total. The number of pyridine rings is 1. The zero-order chi connectivity index (χ0) is 16.3. The molecule has 0 unspecified atom stereocenters. The zero-order valence-electron chi connectivity index (χ0n) is 12.3. The number of halogens is 2. The number of aromatic nitrogens is 1. The SMILES string of the molecule is CCN(Cc1c(F)cccc1F)C(=O)c1ccc(=O)n(C)c1. The number of aryl methyl sites for hydroxylation is 1. The number of carbonyl (C=O) groups is 1. The van der Waals surface area contributed by atoms with Crippen LogP contribution in [0.2, 0.25) is 0 Å². The average Bonchev–Trinajstić information content (AvgIpc) is 2.49. The van der Waals surface area contributed by atoms with Crippen LogP contribution in [0.3, 0.4) is 0 Å². The minimum absolute atomic E-state index is 0.150. The largest absolute Gasteiger partial charge is 0.334 e. The number of nitrogens with zero attached hydrogens (tertiary/aromatic N) is 2. The summed E-state index contributed by atoms with van der Waals surface area (Å²) in [7, 11) is 1.53. The van der Waals surface area contributed by atoms with Crippen LogP contribution in [0, 0.1) is 11.6 Å². The smallest absolute Gasteiger partial charge is 0.255 e. The maximum atomic E-state index is 13.7. The molecule has 1 heterocycles. The van der Waals surface area contributed by atoms with E-state index in [4.69, 9.17) is 0 Å². The second kappa shape index (κ2) is 6.51.